The Balaban J connectivity index is 0.00000312. The van der Waals surface area contributed by atoms with Gasteiger partial charge in [-0.3, -0.25) is 4.79 Å². The lowest BCUT2D eigenvalue weighted by Gasteiger charge is -2.31. The Morgan fingerprint density at radius 1 is 1.28 bits per heavy atom. The summed E-state index contributed by atoms with van der Waals surface area (Å²) in [5.41, 5.74) is 6.45. The van der Waals surface area contributed by atoms with Crippen molar-refractivity contribution in [3.8, 4) is 0 Å². The van der Waals surface area contributed by atoms with E-state index in [9.17, 15) is 13.2 Å². The summed E-state index contributed by atoms with van der Waals surface area (Å²) in [5, 5.41) is 2.98. The van der Waals surface area contributed by atoms with Crippen LogP contribution in [0.5, 0.6) is 0 Å². The second kappa shape index (κ2) is 10.1. The number of hydrogen-bond acceptors (Lipinski definition) is 4. The third-order valence-corrected chi connectivity index (χ3v) is 6.08. The van der Waals surface area contributed by atoms with Crippen LogP contribution in [-0.2, 0) is 20.6 Å². The molecule has 1 aliphatic heterocycles. The van der Waals surface area contributed by atoms with Gasteiger partial charge < -0.3 is 11.1 Å². The van der Waals surface area contributed by atoms with Crippen LogP contribution in [0.15, 0.2) is 30.3 Å². The highest BCUT2D eigenvalue weighted by Crippen LogP contribution is 2.18. The molecule has 142 valence electrons. The minimum absolute atomic E-state index is 0. The van der Waals surface area contributed by atoms with Gasteiger partial charge in [-0.1, -0.05) is 30.3 Å². The van der Waals surface area contributed by atoms with E-state index in [-0.39, 0.29) is 36.2 Å². The molecule has 1 amide bonds. The van der Waals surface area contributed by atoms with E-state index in [1.54, 1.807) is 0 Å². The van der Waals surface area contributed by atoms with Crippen LogP contribution in [0.2, 0.25) is 0 Å². The van der Waals surface area contributed by atoms with E-state index in [2.05, 4.69) is 5.32 Å². The van der Waals surface area contributed by atoms with E-state index >= 15 is 0 Å². The molecular weight excluding hydrogens is 362 g/mol. The van der Waals surface area contributed by atoms with E-state index < -0.39 is 10.0 Å². The van der Waals surface area contributed by atoms with Gasteiger partial charge in [0.05, 0.1) is 5.75 Å². The van der Waals surface area contributed by atoms with Crippen LogP contribution in [0.25, 0.3) is 0 Å². The molecule has 1 aromatic carbocycles. The highest BCUT2D eigenvalue weighted by atomic mass is 35.5. The van der Waals surface area contributed by atoms with Gasteiger partial charge in [0, 0.05) is 31.6 Å². The molecule has 0 saturated carbocycles. The SMILES string of the molecule is CC(N)CCC(=O)NC1CCN(S(=O)(=O)Cc2ccccc2)CC1.Cl. The summed E-state index contributed by atoms with van der Waals surface area (Å²) >= 11 is 0. The van der Waals surface area contributed by atoms with E-state index in [1.165, 1.54) is 4.31 Å². The van der Waals surface area contributed by atoms with Crippen molar-refractivity contribution in [1.29, 1.82) is 0 Å². The summed E-state index contributed by atoms with van der Waals surface area (Å²) in [6.07, 6.45) is 2.39. The summed E-state index contributed by atoms with van der Waals surface area (Å²) in [4.78, 5) is 11.8. The van der Waals surface area contributed by atoms with E-state index in [0.717, 1.165) is 5.56 Å². The quantitative estimate of drug-likeness (QED) is 0.741. The molecule has 1 atom stereocenters. The molecule has 2 rings (SSSR count). The highest BCUT2D eigenvalue weighted by molar-refractivity contribution is 7.88. The first-order valence-electron chi connectivity index (χ1n) is 8.43. The second-order valence-electron chi connectivity index (χ2n) is 6.50. The largest absolute Gasteiger partial charge is 0.353 e. The van der Waals surface area contributed by atoms with Crippen molar-refractivity contribution in [2.24, 2.45) is 5.73 Å². The van der Waals surface area contributed by atoms with Crippen LogP contribution in [0.4, 0.5) is 0 Å². The van der Waals surface area contributed by atoms with Crippen LogP contribution in [0.3, 0.4) is 0 Å². The van der Waals surface area contributed by atoms with Gasteiger partial charge in [0.15, 0.2) is 0 Å². The molecule has 1 saturated heterocycles. The van der Waals surface area contributed by atoms with Gasteiger partial charge in [-0.2, -0.15) is 0 Å². The van der Waals surface area contributed by atoms with Gasteiger partial charge in [-0.05, 0) is 31.7 Å². The zero-order chi connectivity index (χ0) is 17.6. The van der Waals surface area contributed by atoms with Gasteiger partial charge in [0.25, 0.3) is 0 Å². The van der Waals surface area contributed by atoms with Crippen molar-refractivity contribution in [1.82, 2.24) is 9.62 Å². The Hall–Kier alpha value is -1.15. The minimum atomic E-state index is -3.31. The Morgan fingerprint density at radius 2 is 1.88 bits per heavy atom. The number of sulfonamides is 1. The summed E-state index contributed by atoms with van der Waals surface area (Å²) in [7, 11) is -3.31. The first-order valence-corrected chi connectivity index (χ1v) is 10.0. The zero-order valence-electron chi connectivity index (χ0n) is 14.6. The van der Waals surface area contributed by atoms with Gasteiger partial charge in [-0.25, -0.2) is 12.7 Å². The summed E-state index contributed by atoms with van der Waals surface area (Å²) in [6.45, 7) is 2.78. The number of halogens is 1. The van der Waals surface area contributed by atoms with Crippen LogP contribution < -0.4 is 11.1 Å². The molecule has 0 radical (unpaired) electrons. The number of hydrogen-bond donors (Lipinski definition) is 2. The molecule has 8 heteroatoms. The number of nitrogens with two attached hydrogens (primary N) is 1. The predicted molar refractivity (Wildman–Crippen MR) is 102 cm³/mol. The number of carbonyl (C=O) groups is 1. The number of nitrogens with one attached hydrogen (secondary N) is 1. The van der Waals surface area contributed by atoms with E-state index in [1.807, 2.05) is 37.3 Å². The first-order chi connectivity index (χ1) is 11.4. The number of nitrogens with zero attached hydrogens (tertiary/aromatic N) is 1. The van der Waals surface area contributed by atoms with Crippen molar-refractivity contribution in [3.63, 3.8) is 0 Å². The molecule has 0 aromatic heterocycles. The van der Waals surface area contributed by atoms with Crippen molar-refractivity contribution in [2.75, 3.05) is 13.1 Å². The maximum absolute atomic E-state index is 12.5. The molecule has 0 bridgehead atoms. The van der Waals surface area contributed by atoms with Crippen molar-refractivity contribution >= 4 is 28.3 Å². The lowest BCUT2D eigenvalue weighted by atomic mass is 10.1. The monoisotopic (exact) mass is 389 g/mol. The van der Waals surface area contributed by atoms with Crippen LogP contribution in [-0.4, -0.2) is 43.8 Å². The third kappa shape index (κ3) is 7.32. The molecule has 1 heterocycles. The van der Waals surface area contributed by atoms with Gasteiger partial charge in [0.2, 0.25) is 15.9 Å². The maximum Gasteiger partial charge on any atom is 0.220 e. The molecule has 1 fully saturated rings. The average Bonchev–Trinajstić information content (AvgIpc) is 2.54. The summed E-state index contributed by atoms with van der Waals surface area (Å²) in [5.74, 6) is 0.0251. The molecule has 1 aromatic rings. The van der Waals surface area contributed by atoms with Crippen molar-refractivity contribution in [3.05, 3.63) is 35.9 Å². The highest BCUT2D eigenvalue weighted by Gasteiger charge is 2.28. The number of rotatable bonds is 7. The molecule has 1 unspecified atom stereocenters. The third-order valence-electron chi connectivity index (χ3n) is 4.23. The van der Waals surface area contributed by atoms with Crippen molar-refractivity contribution in [2.45, 2.75) is 50.4 Å². The Bertz CT molecular complexity index is 630. The van der Waals surface area contributed by atoms with Crippen LogP contribution in [0, 0.1) is 0 Å². The Morgan fingerprint density at radius 3 is 2.44 bits per heavy atom. The molecule has 0 spiro atoms. The zero-order valence-corrected chi connectivity index (χ0v) is 16.2. The molecule has 0 aliphatic carbocycles. The summed E-state index contributed by atoms with van der Waals surface area (Å²) < 4.78 is 26.5. The van der Waals surface area contributed by atoms with Crippen LogP contribution in [0.1, 0.15) is 38.2 Å². The first kappa shape index (κ1) is 21.9. The minimum Gasteiger partial charge on any atom is -0.353 e. The second-order valence-corrected chi connectivity index (χ2v) is 8.47. The predicted octanol–water partition coefficient (Wildman–Crippen LogP) is 1.65. The smallest absolute Gasteiger partial charge is 0.220 e. The lowest BCUT2D eigenvalue weighted by Crippen LogP contribution is -2.46. The normalized spacial score (nSPS) is 17.5. The van der Waals surface area contributed by atoms with Gasteiger partial charge in [-0.15, -0.1) is 12.4 Å². The Labute approximate surface area is 156 Å². The number of benzene rings is 1. The maximum atomic E-state index is 12.5. The molecule has 25 heavy (non-hydrogen) atoms. The lowest BCUT2D eigenvalue weighted by molar-refractivity contribution is -0.122. The fourth-order valence-corrected chi connectivity index (χ4v) is 4.38. The summed E-state index contributed by atoms with van der Waals surface area (Å²) in [6, 6.07) is 9.26. The average molecular weight is 390 g/mol. The standard InChI is InChI=1S/C17H27N3O3S.ClH/c1-14(18)7-8-17(21)19-16-9-11-20(12-10-16)24(22,23)13-15-5-3-2-4-6-15;/h2-6,14,16H,7-13,18H2,1H3,(H,19,21);1H. The van der Waals surface area contributed by atoms with E-state index in [4.69, 9.17) is 5.73 Å². The molecule has 6 nitrogen and oxygen atoms in total. The fourth-order valence-electron chi connectivity index (χ4n) is 2.81. The van der Waals surface area contributed by atoms with Crippen molar-refractivity contribution < 1.29 is 13.2 Å². The number of carbonyl (C=O) groups excluding carboxylic acids is 1. The topological polar surface area (TPSA) is 92.5 Å². The van der Waals surface area contributed by atoms with E-state index in [0.29, 0.717) is 38.8 Å². The molecule has 1 aliphatic rings. The molecule has 3 N–H and O–H groups in total. The molecular formula is C17H28ClN3O3S. The fraction of sp³-hybridized carbons (Fsp3) is 0.588. The van der Waals surface area contributed by atoms with Gasteiger partial charge >= 0.3 is 0 Å². The number of piperidine rings is 1. The van der Waals surface area contributed by atoms with Crippen LogP contribution >= 0.6 is 12.4 Å². The van der Waals surface area contributed by atoms with Gasteiger partial charge in [0.1, 0.15) is 0 Å². The Kier molecular flexibility index (Phi) is 8.85. The number of amides is 1.